The smallest absolute Gasteiger partial charge is 0.265 e. The number of fused-ring (bicyclic) bond motifs is 1. The van der Waals surface area contributed by atoms with Crippen LogP contribution in [0.5, 0.6) is 11.6 Å². The second-order valence-electron chi connectivity index (χ2n) is 3.91. The minimum absolute atomic E-state index is 0.229. The molecule has 3 rings (SSSR count). The van der Waals surface area contributed by atoms with Crippen molar-refractivity contribution in [2.75, 3.05) is 5.43 Å². The molecule has 0 amide bonds. The maximum Gasteiger partial charge on any atom is 0.265 e. The predicted molar refractivity (Wildman–Crippen MR) is 75.0 cm³/mol. The number of imidazole rings is 1. The van der Waals surface area contributed by atoms with E-state index in [1.165, 1.54) is 6.07 Å². The van der Waals surface area contributed by atoms with Crippen LogP contribution in [0.25, 0.3) is 5.65 Å². The van der Waals surface area contributed by atoms with Gasteiger partial charge < -0.3 is 10.2 Å². The van der Waals surface area contributed by atoms with Gasteiger partial charge in [-0.15, -0.1) is 0 Å². The fourth-order valence-corrected chi connectivity index (χ4v) is 1.94. The summed E-state index contributed by atoms with van der Waals surface area (Å²) in [4.78, 5) is 8.30. The summed E-state index contributed by atoms with van der Waals surface area (Å²) in [5, 5.41) is 0. The number of benzene rings is 1. The summed E-state index contributed by atoms with van der Waals surface area (Å²) in [7, 11) is 0. The molecular weight excluding hydrogens is 329 g/mol. The summed E-state index contributed by atoms with van der Waals surface area (Å²) in [6.07, 6.45) is 5.00. The Balaban J connectivity index is 2.04. The first-order valence-corrected chi connectivity index (χ1v) is 6.40. The van der Waals surface area contributed by atoms with E-state index < -0.39 is 5.82 Å². The lowest BCUT2D eigenvalue weighted by molar-refractivity contribution is 0.460. The molecule has 0 unspecified atom stereocenters. The summed E-state index contributed by atoms with van der Waals surface area (Å²) in [5.74, 6) is 5.88. The van der Waals surface area contributed by atoms with Crippen LogP contribution in [0.4, 0.5) is 10.2 Å². The number of nitrogens with zero attached hydrogens (tertiary/aromatic N) is 3. The lowest BCUT2D eigenvalue weighted by Crippen LogP contribution is -2.10. The monoisotopic (exact) mass is 337 g/mol. The maximum absolute atomic E-state index is 13.5. The van der Waals surface area contributed by atoms with Crippen LogP contribution in [-0.4, -0.2) is 14.4 Å². The molecule has 1 aromatic carbocycles. The molecule has 0 saturated carbocycles. The molecule has 3 aromatic rings. The van der Waals surface area contributed by atoms with Gasteiger partial charge in [-0.05, 0) is 28.1 Å². The van der Waals surface area contributed by atoms with Crippen molar-refractivity contribution in [2.24, 2.45) is 5.84 Å². The summed E-state index contributed by atoms with van der Waals surface area (Å²) >= 11 is 3.08. The lowest BCUT2D eigenvalue weighted by Gasteiger charge is -2.08. The predicted octanol–water partition coefficient (Wildman–Crippen LogP) is 2.71. The first kappa shape index (κ1) is 12.8. The Morgan fingerprint density at radius 1 is 1.40 bits per heavy atom. The van der Waals surface area contributed by atoms with E-state index in [1.807, 2.05) is 0 Å². The van der Waals surface area contributed by atoms with Crippen molar-refractivity contribution in [2.45, 2.75) is 0 Å². The zero-order valence-corrected chi connectivity index (χ0v) is 11.6. The molecule has 0 saturated heterocycles. The SMILES string of the molecule is NNc1cn2ccnc2c(Oc2ccc(Br)c(F)c2)n1. The Morgan fingerprint density at radius 3 is 3.00 bits per heavy atom. The van der Waals surface area contributed by atoms with E-state index >= 15 is 0 Å². The summed E-state index contributed by atoms with van der Waals surface area (Å²) < 4.78 is 21.1. The Kier molecular flexibility index (Phi) is 3.25. The van der Waals surface area contributed by atoms with E-state index in [0.29, 0.717) is 21.7 Å². The van der Waals surface area contributed by atoms with Crippen molar-refractivity contribution in [1.82, 2.24) is 14.4 Å². The number of nitrogens with two attached hydrogens (primary N) is 1. The molecule has 20 heavy (non-hydrogen) atoms. The Morgan fingerprint density at radius 2 is 2.25 bits per heavy atom. The third-order valence-corrected chi connectivity index (χ3v) is 3.24. The van der Waals surface area contributed by atoms with Crippen LogP contribution in [0, 0.1) is 5.82 Å². The van der Waals surface area contributed by atoms with E-state index in [0.717, 1.165) is 0 Å². The number of hydrogen-bond donors (Lipinski definition) is 2. The van der Waals surface area contributed by atoms with Crippen molar-refractivity contribution in [3.05, 3.63) is 47.1 Å². The largest absolute Gasteiger partial charge is 0.436 e. The topological polar surface area (TPSA) is 77.5 Å². The molecule has 0 atom stereocenters. The number of hydrogen-bond acceptors (Lipinski definition) is 5. The molecule has 0 aliphatic heterocycles. The van der Waals surface area contributed by atoms with Gasteiger partial charge in [-0.2, -0.15) is 4.98 Å². The average Bonchev–Trinajstić information content (AvgIpc) is 2.91. The van der Waals surface area contributed by atoms with Crippen molar-refractivity contribution < 1.29 is 9.13 Å². The fraction of sp³-hybridized carbons (Fsp3) is 0. The first-order chi connectivity index (χ1) is 9.67. The quantitative estimate of drug-likeness (QED) is 0.567. The fourth-order valence-electron chi connectivity index (χ4n) is 1.69. The highest BCUT2D eigenvalue weighted by Gasteiger charge is 2.10. The molecule has 0 fully saturated rings. The van der Waals surface area contributed by atoms with Gasteiger partial charge in [0.25, 0.3) is 5.88 Å². The minimum Gasteiger partial charge on any atom is -0.436 e. The van der Waals surface area contributed by atoms with Gasteiger partial charge >= 0.3 is 0 Å². The number of nitrogens with one attached hydrogen (secondary N) is 1. The molecule has 2 heterocycles. The third-order valence-electron chi connectivity index (χ3n) is 2.60. The molecule has 6 nitrogen and oxygen atoms in total. The summed E-state index contributed by atoms with van der Waals surface area (Å²) in [6, 6.07) is 4.43. The molecule has 0 radical (unpaired) electrons. The molecule has 0 aliphatic carbocycles. The van der Waals surface area contributed by atoms with Crippen LogP contribution in [0.15, 0.2) is 41.3 Å². The highest BCUT2D eigenvalue weighted by Crippen LogP contribution is 2.27. The molecule has 2 aromatic heterocycles. The van der Waals surface area contributed by atoms with Gasteiger partial charge in [0, 0.05) is 18.5 Å². The summed E-state index contributed by atoms with van der Waals surface area (Å²) in [6.45, 7) is 0. The molecule has 0 bridgehead atoms. The van der Waals surface area contributed by atoms with Crippen LogP contribution in [0.2, 0.25) is 0 Å². The molecule has 0 aliphatic rings. The van der Waals surface area contributed by atoms with Crippen molar-refractivity contribution in [3.8, 4) is 11.6 Å². The highest BCUT2D eigenvalue weighted by atomic mass is 79.9. The Hall–Kier alpha value is -2.19. The van der Waals surface area contributed by atoms with E-state index in [9.17, 15) is 4.39 Å². The summed E-state index contributed by atoms with van der Waals surface area (Å²) in [5.41, 5.74) is 2.94. The van der Waals surface area contributed by atoms with E-state index in [-0.39, 0.29) is 5.88 Å². The second kappa shape index (κ2) is 5.06. The van der Waals surface area contributed by atoms with Crippen LogP contribution in [0.3, 0.4) is 0 Å². The number of ether oxygens (including phenoxy) is 1. The Labute approximate surface area is 121 Å². The van der Waals surface area contributed by atoms with Crippen LogP contribution >= 0.6 is 15.9 Å². The van der Waals surface area contributed by atoms with Crippen LogP contribution in [-0.2, 0) is 0 Å². The van der Waals surface area contributed by atoms with Gasteiger partial charge in [0.15, 0.2) is 5.82 Å². The van der Waals surface area contributed by atoms with Gasteiger partial charge in [0.05, 0.1) is 10.7 Å². The van der Waals surface area contributed by atoms with Crippen LogP contribution < -0.4 is 16.0 Å². The highest BCUT2D eigenvalue weighted by molar-refractivity contribution is 9.10. The first-order valence-electron chi connectivity index (χ1n) is 5.60. The minimum atomic E-state index is -0.421. The number of nitrogen functional groups attached to an aromatic ring is 1. The van der Waals surface area contributed by atoms with Gasteiger partial charge in [-0.1, -0.05) is 0 Å². The standard InChI is InChI=1S/C12H9BrFN5O/c13-8-2-1-7(5-9(8)14)20-12-11-16-3-4-19(11)6-10(17-12)18-15/h1-6,18H,15H2. The average molecular weight is 338 g/mol. The molecular formula is C12H9BrFN5O. The van der Waals surface area contributed by atoms with Gasteiger partial charge in [-0.3, -0.25) is 4.40 Å². The van der Waals surface area contributed by atoms with Gasteiger partial charge in [-0.25, -0.2) is 15.2 Å². The van der Waals surface area contributed by atoms with E-state index in [4.69, 9.17) is 10.6 Å². The molecule has 0 spiro atoms. The lowest BCUT2D eigenvalue weighted by atomic mass is 10.3. The number of anilines is 1. The number of hydrazine groups is 1. The van der Waals surface area contributed by atoms with E-state index in [2.05, 4.69) is 31.3 Å². The number of rotatable bonds is 3. The van der Waals surface area contributed by atoms with Gasteiger partial charge in [0.2, 0.25) is 5.65 Å². The van der Waals surface area contributed by atoms with Crippen molar-refractivity contribution in [1.29, 1.82) is 0 Å². The van der Waals surface area contributed by atoms with E-state index in [1.54, 1.807) is 35.1 Å². The van der Waals surface area contributed by atoms with Crippen LogP contribution in [0.1, 0.15) is 0 Å². The second-order valence-corrected chi connectivity index (χ2v) is 4.77. The number of halogens is 2. The normalized spacial score (nSPS) is 10.8. The maximum atomic E-state index is 13.5. The zero-order valence-electron chi connectivity index (χ0n) is 10.0. The molecule has 3 N–H and O–H groups in total. The Bertz CT molecular complexity index is 776. The zero-order chi connectivity index (χ0) is 14.1. The molecule has 8 heteroatoms. The third kappa shape index (κ3) is 2.30. The van der Waals surface area contributed by atoms with Crippen molar-refractivity contribution in [3.63, 3.8) is 0 Å². The number of aromatic nitrogens is 3. The molecule has 102 valence electrons. The van der Waals surface area contributed by atoms with Crippen molar-refractivity contribution >= 4 is 27.4 Å². The van der Waals surface area contributed by atoms with Gasteiger partial charge in [0.1, 0.15) is 11.6 Å².